The number of aromatic amines is 1. The molecule has 1 fully saturated rings. The Bertz CT molecular complexity index is 1050. The lowest BCUT2D eigenvalue weighted by Crippen LogP contribution is -2.44. The summed E-state index contributed by atoms with van der Waals surface area (Å²) in [5.41, 5.74) is 4.59. The summed E-state index contributed by atoms with van der Waals surface area (Å²) in [5.74, 6) is -1.85. The molecule has 1 aromatic heterocycles. The number of methoxy groups -OCH3 is 1. The van der Waals surface area contributed by atoms with Gasteiger partial charge in [0.15, 0.2) is 5.69 Å². The Morgan fingerprint density at radius 2 is 1.79 bits per heavy atom. The van der Waals surface area contributed by atoms with E-state index in [1.54, 1.807) is 0 Å². The molecule has 180 valence electrons. The molecule has 11 nitrogen and oxygen atoms in total. The number of nitrogens with zero attached hydrogens (tertiary/aromatic N) is 3. The highest BCUT2D eigenvalue weighted by Gasteiger charge is 2.47. The van der Waals surface area contributed by atoms with Crippen molar-refractivity contribution in [3.63, 3.8) is 0 Å². The highest BCUT2D eigenvalue weighted by molar-refractivity contribution is 6.06. The lowest BCUT2D eigenvalue weighted by molar-refractivity contribution is -0.140. The van der Waals surface area contributed by atoms with Gasteiger partial charge < -0.3 is 15.4 Å². The minimum Gasteiger partial charge on any atom is -0.383 e. The lowest BCUT2D eigenvalue weighted by atomic mass is 9.85. The SMILES string of the molecule is COCCN(C(=O)CCN1C(=O)[C@@H]2CC=CC[C@H]2C1=O)c1c(N)n(CC(C)C)c(=O)[nH]c1=O. The van der Waals surface area contributed by atoms with Gasteiger partial charge in [0.25, 0.3) is 5.56 Å². The third-order valence-electron chi connectivity index (χ3n) is 6.00. The number of nitrogen functional groups attached to an aromatic ring is 1. The molecule has 2 atom stereocenters. The van der Waals surface area contributed by atoms with Crippen molar-refractivity contribution < 1.29 is 19.1 Å². The van der Waals surface area contributed by atoms with Gasteiger partial charge in [-0.25, -0.2) is 4.79 Å². The van der Waals surface area contributed by atoms with Crippen LogP contribution in [0.5, 0.6) is 0 Å². The second kappa shape index (κ2) is 10.2. The zero-order valence-electron chi connectivity index (χ0n) is 19.2. The number of allylic oxidation sites excluding steroid dienone is 2. The Morgan fingerprint density at radius 3 is 2.33 bits per heavy atom. The molecular weight excluding hydrogens is 430 g/mol. The number of aromatic nitrogens is 2. The molecule has 1 aromatic rings. The number of H-pyrrole nitrogens is 1. The number of hydrogen-bond acceptors (Lipinski definition) is 7. The first-order chi connectivity index (χ1) is 15.7. The van der Waals surface area contributed by atoms with Crippen molar-refractivity contribution in [1.82, 2.24) is 14.5 Å². The second-order valence-electron chi connectivity index (χ2n) is 8.77. The van der Waals surface area contributed by atoms with Gasteiger partial charge in [-0.1, -0.05) is 26.0 Å². The molecule has 11 heteroatoms. The van der Waals surface area contributed by atoms with Crippen molar-refractivity contribution in [2.75, 3.05) is 37.4 Å². The molecular formula is C22H31N5O6. The van der Waals surface area contributed by atoms with Crippen molar-refractivity contribution in [2.24, 2.45) is 17.8 Å². The quantitative estimate of drug-likeness (QED) is 0.391. The molecule has 3 N–H and O–H groups in total. The van der Waals surface area contributed by atoms with Crippen molar-refractivity contribution in [2.45, 2.75) is 39.7 Å². The third-order valence-corrected chi connectivity index (χ3v) is 6.00. The zero-order chi connectivity index (χ0) is 24.3. The number of anilines is 2. The lowest BCUT2D eigenvalue weighted by Gasteiger charge is -2.25. The number of ether oxygens (including phenoxy) is 1. The maximum atomic E-state index is 13.2. The van der Waals surface area contributed by atoms with Crippen molar-refractivity contribution >= 4 is 29.2 Å². The summed E-state index contributed by atoms with van der Waals surface area (Å²) in [4.78, 5) is 68.0. The zero-order valence-corrected chi connectivity index (χ0v) is 19.2. The van der Waals surface area contributed by atoms with E-state index in [1.165, 1.54) is 11.7 Å². The third kappa shape index (κ3) is 4.92. The van der Waals surface area contributed by atoms with Crippen LogP contribution in [0.15, 0.2) is 21.7 Å². The van der Waals surface area contributed by atoms with Gasteiger partial charge in [0, 0.05) is 33.2 Å². The average molecular weight is 462 g/mol. The molecule has 0 bridgehead atoms. The van der Waals surface area contributed by atoms with Gasteiger partial charge in [0.1, 0.15) is 5.82 Å². The number of rotatable bonds is 9. The van der Waals surface area contributed by atoms with Gasteiger partial charge in [0.05, 0.1) is 18.4 Å². The van der Waals surface area contributed by atoms with E-state index in [1.807, 2.05) is 26.0 Å². The summed E-state index contributed by atoms with van der Waals surface area (Å²) in [6.45, 7) is 4.08. The maximum absolute atomic E-state index is 13.2. The highest BCUT2D eigenvalue weighted by Crippen LogP contribution is 2.35. The number of carbonyl (C=O) groups is 3. The van der Waals surface area contributed by atoms with Gasteiger partial charge in [-0.15, -0.1) is 0 Å². The smallest absolute Gasteiger partial charge is 0.330 e. The van der Waals surface area contributed by atoms with Crippen LogP contribution >= 0.6 is 0 Å². The van der Waals surface area contributed by atoms with Crippen LogP contribution in [0.3, 0.4) is 0 Å². The van der Waals surface area contributed by atoms with Gasteiger partial charge in [0.2, 0.25) is 17.7 Å². The monoisotopic (exact) mass is 461 g/mol. The number of nitrogens with two attached hydrogens (primary N) is 1. The van der Waals surface area contributed by atoms with Crippen LogP contribution in [0.25, 0.3) is 0 Å². The first kappa shape index (κ1) is 24.4. The van der Waals surface area contributed by atoms with Crippen LogP contribution in [-0.4, -0.2) is 59.0 Å². The largest absolute Gasteiger partial charge is 0.383 e. The molecule has 0 unspecified atom stereocenters. The van der Waals surface area contributed by atoms with E-state index in [4.69, 9.17) is 10.5 Å². The summed E-state index contributed by atoms with van der Waals surface area (Å²) in [5, 5.41) is 0. The predicted molar refractivity (Wildman–Crippen MR) is 121 cm³/mol. The number of amides is 3. The summed E-state index contributed by atoms with van der Waals surface area (Å²) < 4.78 is 6.30. The number of likely N-dealkylation sites (tertiary alicyclic amines) is 1. The molecule has 1 saturated heterocycles. The first-order valence-electron chi connectivity index (χ1n) is 11.1. The summed E-state index contributed by atoms with van der Waals surface area (Å²) >= 11 is 0. The molecule has 0 spiro atoms. The van der Waals surface area contributed by atoms with Crippen LogP contribution in [0.1, 0.15) is 33.1 Å². The van der Waals surface area contributed by atoms with Crippen LogP contribution in [0.2, 0.25) is 0 Å². The molecule has 0 radical (unpaired) electrons. The van der Waals surface area contributed by atoms with E-state index in [2.05, 4.69) is 4.98 Å². The van der Waals surface area contributed by atoms with Gasteiger partial charge >= 0.3 is 5.69 Å². The van der Waals surface area contributed by atoms with E-state index in [9.17, 15) is 24.0 Å². The van der Waals surface area contributed by atoms with Gasteiger partial charge in [-0.2, -0.15) is 0 Å². The number of nitrogens with one attached hydrogen (secondary N) is 1. The Hall–Kier alpha value is -3.21. The first-order valence-corrected chi connectivity index (χ1v) is 11.1. The summed E-state index contributed by atoms with van der Waals surface area (Å²) in [6.07, 6.45) is 4.64. The minimum atomic E-state index is -0.785. The number of fused-ring (bicyclic) bond motifs is 1. The molecule has 1 aliphatic heterocycles. The molecule has 0 saturated carbocycles. The van der Waals surface area contributed by atoms with E-state index in [0.29, 0.717) is 12.8 Å². The highest BCUT2D eigenvalue weighted by atomic mass is 16.5. The predicted octanol–water partition coefficient (Wildman–Crippen LogP) is 0.0955. The average Bonchev–Trinajstić information content (AvgIpc) is 3.01. The van der Waals surface area contributed by atoms with Crippen molar-refractivity contribution in [3.8, 4) is 0 Å². The van der Waals surface area contributed by atoms with Crippen LogP contribution in [0, 0.1) is 17.8 Å². The molecule has 33 heavy (non-hydrogen) atoms. The van der Waals surface area contributed by atoms with Crippen LogP contribution < -0.4 is 21.9 Å². The maximum Gasteiger partial charge on any atom is 0.330 e. The van der Waals surface area contributed by atoms with Crippen molar-refractivity contribution in [1.29, 1.82) is 0 Å². The summed E-state index contributed by atoms with van der Waals surface area (Å²) in [6, 6.07) is 0. The molecule has 0 aromatic carbocycles. The molecule has 2 heterocycles. The Morgan fingerprint density at radius 1 is 1.18 bits per heavy atom. The van der Waals surface area contributed by atoms with E-state index in [0.717, 1.165) is 9.80 Å². The van der Waals surface area contributed by atoms with E-state index >= 15 is 0 Å². The van der Waals surface area contributed by atoms with Crippen LogP contribution in [0.4, 0.5) is 11.5 Å². The topological polar surface area (TPSA) is 148 Å². The fourth-order valence-corrected chi connectivity index (χ4v) is 4.36. The Kier molecular flexibility index (Phi) is 7.52. The fraction of sp³-hybridized carbons (Fsp3) is 0.591. The summed E-state index contributed by atoms with van der Waals surface area (Å²) in [7, 11) is 1.45. The molecule has 3 amide bonds. The molecule has 2 aliphatic rings. The second-order valence-corrected chi connectivity index (χ2v) is 8.77. The van der Waals surface area contributed by atoms with Crippen LogP contribution in [-0.2, 0) is 25.7 Å². The minimum absolute atomic E-state index is 0.0135. The van der Waals surface area contributed by atoms with E-state index < -0.39 is 17.2 Å². The van der Waals surface area contributed by atoms with Gasteiger partial charge in [-0.3, -0.25) is 33.6 Å². The molecule has 1 aliphatic carbocycles. The fourth-order valence-electron chi connectivity index (χ4n) is 4.36. The molecule has 3 rings (SSSR count). The number of carbonyl (C=O) groups excluding carboxylic acids is 3. The van der Waals surface area contributed by atoms with Gasteiger partial charge in [-0.05, 0) is 18.8 Å². The van der Waals surface area contributed by atoms with E-state index in [-0.39, 0.29) is 73.7 Å². The van der Waals surface area contributed by atoms with Crippen molar-refractivity contribution in [3.05, 3.63) is 33.0 Å². The normalized spacial score (nSPS) is 19.9. The number of imide groups is 1. The Labute approximate surface area is 191 Å². The Balaban J connectivity index is 1.84. The standard InChI is InChI=1S/C22H31N5O6/c1-13(2)12-27-18(23)17(19(29)24-22(27)32)25(10-11-33-3)16(28)8-9-26-20(30)14-6-4-5-7-15(14)21(26)31/h4-5,13-15H,6-12,23H2,1-3H3,(H,24,29,32)/t14-,15-/m1/s1. The number of hydrogen-bond donors (Lipinski definition) is 2.